The van der Waals surface area contributed by atoms with Gasteiger partial charge in [-0.05, 0) is 75.2 Å². The van der Waals surface area contributed by atoms with Crippen LogP contribution in [-0.2, 0) is 13.1 Å². The summed E-state index contributed by atoms with van der Waals surface area (Å²) in [6.07, 6.45) is 2.58. The second-order valence-electron chi connectivity index (χ2n) is 7.92. The van der Waals surface area contributed by atoms with Crippen molar-refractivity contribution in [3.63, 3.8) is 0 Å². The highest BCUT2D eigenvalue weighted by molar-refractivity contribution is 5.96. The van der Waals surface area contributed by atoms with E-state index in [9.17, 15) is 9.18 Å². The lowest BCUT2D eigenvalue weighted by Crippen LogP contribution is -2.24. The first kappa shape index (κ1) is 20.3. The number of rotatable bonds is 6. The molecule has 156 valence electrons. The van der Waals surface area contributed by atoms with E-state index >= 15 is 0 Å². The number of benzene rings is 2. The van der Waals surface area contributed by atoms with E-state index in [1.807, 2.05) is 13.8 Å². The maximum atomic E-state index is 13.2. The highest BCUT2D eigenvalue weighted by atomic mass is 19.1. The fourth-order valence-corrected chi connectivity index (χ4v) is 4.04. The fraction of sp³-hybridized carbons (Fsp3) is 0.333. The van der Waals surface area contributed by atoms with Gasteiger partial charge >= 0.3 is 0 Å². The monoisotopic (exact) mass is 406 g/mol. The highest BCUT2D eigenvalue weighted by Gasteiger charge is 2.19. The van der Waals surface area contributed by atoms with Crippen LogP contribution in [0.25, 0.3) is 5.69 Å². The zero-order valence-electron chi connectivity index (χ0n) is 17.5. The summed E-state index contributed by atoms with van der Waals surface area (Å²) >= 11 is 0. The van der Waals surface area contributed by atoms with Gasteiger partial charge in [0.25, 0.3) is 5.91 Å². The Morgan fingerprint density at radius 1 is 1.00 bits per heavy atom. The number of nitrogens with zero attached hydrogens (tertiary/aromatic N) is 3. The second kappa shape index (κ2) is 8.79. The van der Waals surface area contributed by atoms with Crippen LogP contribution in [0.2, 0.25) is 0 Å². The topological polar surface area (TPSA) is 50.2 Å². The molecule has 1 aromatic heterocycles. The molecule has 1 aliphatic heterocycles. The molecule has 0 unspecified atom stereocenters. The van der Waals surface area contributed by atoms with Crippen molar-refractivity contribution in [1.82, 2.24) is 20.0 Å². The van der Waals surface area contributed by atoms with E-state index in [1.54, 1.807) is 16.8 Å². The van der Waals surface area contributed by atoms with Crippen LogP contribution < -0.4 is 5.32 Å². The Morgan fingerprint density at radius 3 is 2.30 bits per heavy atom. The molecule has 1 N–H and O–H groups in total. The van der Waals surface area contributed by atoms with Crippen molar-refractivity contribution in [2.75, 3.05) is 13.1 Å². The van der Waals surface area contributed by atoms with E-state index in [0.717, 1.165) is 23.5 Å². The van der Waals surface area contributed by atoms with Crippen LogP contribution in [0.5, 0.6) is 0 Å². The van der Waals surface area contributed by atoms with Crippen LogP contribution in [-0.4, -0.2) is 33.7 Å². The summed E-state index contributed by atoms with van der Waals surface area (Å²) in [6.45, 7) is 7.49. The number of hydrogen-bond donors (Lipinski definition) is 1. The summed E-state index contributed by atoms with van der Waals surface area (Å²) in [5.41, 5.74) is 5.04. The zero-order chi connectivity index (χ0) is 21.1. The summed E-state index contributed by atoms with van der Waals surface area (Å²) in [6, 6.07) is 14.5. The highest BCUT2D eigenvalue weighted by Crippen LogP contribution is 2.19. The van der Waals surface area contributed by atoms with Crippen molar-refractivity contribution in [1.29, 1.82) is 0 Å². The van der Waals surface area contributed by atoms with E-state index < -0.39 is 0 Å². The van der Waals surface area contributed by atoms with E-state index in [2.05, 4.69) is 39.6 Å². The molecule has 0 bridgehead atoms. The summed E-state index contributed by atoms with van der Waals surface area (Å²) in [4.78, 5) is 15.3. The predicted octanol–water partition coefficient (Wildman–Crippen LogP) is 4.15. The maximum absolute atomic E-state index is 13.2. The first-order valence-corrected chi connectivity index (χ1v) is 10.4. The van der Waals surface area contributed by atoms with Crippen LogP contribution in [0.4, 0.5) is 4.39 Å². The molecule has 0 spiro atoms. The van der Waals surface area contributed by atoms with E-state index in [-0.39, 0.29) is 11.7 Å². The van der Waals surface area contributed by atoms with Crippen LogP contribution in [0.3, 0.4) is 0 Å². The number of aryl methyl sites for hydroxylation is 1. The van der Waals surface area contributed by atoms with Gasteiger partial charge in [-0.25, -0.2) is 9.07 Å². The Bertz CT molecular complexity index is 1020. The van der Waals surface area contributed by atoms with Gasteiger partial charge in [0.1, 0.15) is 5.82 Å². The third-order valence-corrected chi connectivity index (χ3v) is 5.67. The largest absolute Gasteiger partial charge is 0.348 e. The minimum Gasteiger partial charge on any atom is -0.348 e. The second-order valence-corrected chi connectivity index (χ2v) is 7.92. The molecule has 1 aliphatic rings. The summed E-state index contributed by atoms with van der Waals surface area (Å²) < 4.78 is 14.9. The lowest BCUT2D eigenvalue weighted by atomic mass is 10.1. The van der Waals surface area contributed by atoms with Gasteiger partial charge in [-0.3, -0.25) is 9.69 Å². The summed E-state index contributed by atoms with van der Waals surface area (Å²) in [7, 11) is 0. The zero-order valence-corrected chi connectivity index (χ0v) is 17.5. The van der Waals surface area contributed by atoms with Crippen LogP contribution in [0.15, 0.2) is 48.5 Å². The van der Waals surface area contributed by atoms with Gasteiger partial charge in [0.15, 0.2) is 0 Å². The lowest BCUT2D eigenvalue weighted by Gasteiger charge is -2.14. The van der Waals surface area contributed by atoms with E-state index in [0.29, 0.717) is 17.8 Å². The molecule has 3 aromatic rings. The van der Waals surface area contributed by atoms with Crippen molar-refractivity contribution >= 4 is 5.91 Å². The van der Waals surface area contributed by atoms with Crippen molar-refractivity contribution in [2.24, 2.45) is 0 Å². The van der Waals surface area contributed by atoms with Crippen molar-refractivity contribution in [3.05, 3.63) is 82.4 Å². The molecule has 1 fully saturated rings. The Hall–Kier alpha value is -2.99. The molecule has 1 amide bonds. The van der Waals surface area contributed by atoms with Crippen molar-refractivity contribution in [2.45, 2.75) is 39.8 Å². The molecular weight excluding hydrogens is 379 g/mol. The van der Waals surface area contributed by atoms with Gasteiger partial charge < -0.3 is 5.32 Å². The Morgan fingerprint density at radius 2 is 1.63 bits per heavy atom. The van der Waals surface area contributed by atoms with Crippen molar-refractivity contribution in [3.8, 4) is 5.69 Å². The Balaban J connectivity index is 1.41. The van der Waals surface area contributed by atoms with Gasteiger partial charge in [-0.2, -0.15) is 5.10 Å². The number of hydrogen-bond acceptors (Lipinski definition) is 3. The number of carbonyl (C=O) groups is 1. The lowest BCUT2D eigenvalue weighted by molar-refractivity contribution is 0.0949. The molecule has 4 rings (SSSR count). The molecule has 1 saturated heterocycles. The first-order chi connectivity index (χ1) is 14.5. The van der Waals surface area contributed by atoms with Gasteiger partial charge in [-0.1, -0.05) is 24.3 Å². The average Bonchev–Trinajstić information content (AvgIpc) is 3.35. The predicted molar refractivity (Wildman–Crippen MR) is 115 cm³/mol. The fourth-order valence-electron chi connectivity index (χ4n) is 4.04. The summed E-state index contributed by atoms with van der Waals surface area (Å²) in [5, 5.41) is 7.48. The molecule has 0 radical (unpaired) electrons. The van der Waals surface area contributed by atoms with Crippen LogP contribution in [0, 0.1) is 19.7 Å². The molecule has 5 nitrogen and oxygen atoms in total. The minimum absolute atomic E-state index is 0.153. The first-order valence-electron chi connectivity index (χ1n) is 10.4. The minimum atomic E-state index is -0.301. The standard InChI is InChI=1S/C24H27FN4O/c1-17-23(18(2)29(27-17)22-11-9-21(25)10-12-22)24(30)26-15-19-5-7-20(8-6-19)16-28-13-3-4-14-28/h5-12H,3-4,13-16H2,1-2H3,(H,26,30). The van der Waals surface area contributed by atoms with E-state index in [4.69, 9.17) is 0 Å². The Labute approximate surface area is 176 Å². The van der Waals surface area contributed by atoms with Gasteiger partial charge in [-0.15, -0.1) is 0 Å². The molecule has 0 aliphatic carbocycles. The molecule has 0 atom stereocenters. The van der Waals surface area contributed by atoms with Crippen molar-refractivity contribution < 1.29 is 9.18 Å². The van der Waals surface area contributed by atoms with Crippen LogP contribution in [0.1, 0.15) is 45.7 Å². The maximum Gasteiger partial charge on any atom is 0.255 e. The number of likely N-dealkylation sites (tertiary alicyclic amines) is 1. The number of aromatic nitrogens is 2. The molecule has 2 heterocycles. The third-order valence-electron chi connectivity index (χ3n) is 5.67. The Kier molecular flexibility index (Phi) is 5.95. The number of halogens is 1. The third kappa shape index (κ3) is 4.44. The average molecular weight is 407 g/mol. The number of amides is 1. The number of nitrogens with one attached hydrogen (secondary N) is 1. The number of carbonyl (C=O) groups excluding carboxylic acids is 1. The van der Waals surface area contributed by atoms with Gasteiger partial charge in [0.2, 0.25) is 0 Å². The molecule has 30 heavy (non-hydrogen) atoms. The van der Waals surface area contributed by atoms with Gasteiger partial charge in [0, 0.05) is 13.1 Å². The molecule has 6 heteroatoms. The van der Waals surface area contributed by atoms with Crippen LogP contribution >= 0.6 is 0 Å². The molecule has 2 aromatic carbocycles. The molecule has 0 saturated carbocycles. The normalized spacial score (nSPS) is 14.2. The quantitative estimate of drug-likeness (QED) is 0.669. The summed E-state index contributed by atoms with van der Waals surface area (Å²) in [5.74, 6) is -0.454. The van der Waals surface area contributed by atoms with E-state index in [1.165, 1.54) is 43.6 Å². The van der Waals surface area contributed by atoms with Gasteiger partial charge in [0.05, 0.1) is 22.6 Å². The SMILES string of the molecule is Cc1nn(-c2ccc(F)cc2)c(C)c1C(=O)NCc1ccc(CN2CCCC2)cc1. The molecular formula is C24H27FN4O. The smallest absolute Gasteiger partial charge is 0.255 e.